The van der Waals surface area contributed by atoms with Crippen molar-refractivity contribution in [2.75, 3.05) is 13.2 Å². The molecule has 136 valence electrons. The number of carbonyl (C=O) groups excluding carboxylic acids is 1. The van der Waals surface area contributed by atoms with E-state index in [2.05, 4.69) is 10.4 Å². The molecule has 26 heavy (non-hydrogen) atoms. The third-order valence-corrected chi connectivity index (χ3v) is 4.72. The van der Waals surface area contributed by atoms with Crippen molar-refractivity contribution in [3.63, 3.8) is 0 Å². The van der Waals surface area contributed by atoms with Crippen LogP contribution in [0.5, 0.6) is 11.5 Å². The fraction of sp³-hybridized carbons (Fsp3) is 0.421. The lowest BCUT2D eigenvalue weighted by molar-refractivity contribution is -0.122. The van der Waals surface area contributed by atoms with Gasteiger partial charge in [0.2, 0.25) is 5.91 Å². The summed E-state index contributed by atoms with van der Waals surface area (Å²) in [4.78, 5) is 24.3. The van der Waals surface area contributed by atoms with Gasteiger partial charge in [0.1, 0.15) is 19.8 Å². The molecule has 0 radical (unpaired) electrons. The van der Waals surface area contributed by atoms with Gasteiger partial charge in [0, 0.05) is 17.7 Å². The average molecular weight is 355 g/mol. The zero-order valence-electron chi connectivity index (χ0n) is 14.4. The molecular weight excluding hydrogens is 334 g/mol. The molecule has 4 rings (SSSR count). The molecule has 2 aromatic rings. The van der Waals surface area contributed by atoms with Gasteiger partial charge >= 0.3 is 0 Å². The Morgan fingerprint density at radius 1 is 1.12 bits per heavy atom. The Hall–Kier alpha value is -2.83. The van der Waals surface area contributed by atoms with Gasteiger partial charge in [-0.3, -0.25) is 9.59 Å². The smallest absolute Gasteiger partial charge is 0.267 e. The zero-order valence-corrected chi connectivity index (χ0v) is 14.4. The van der Waals surface area contributed by atoms with Crippen LogP contribution in [0.3, 0.4) is 0 Å². The lowest BCUT2D eigenvalue weighted by atomic mass is 10.1. The van der Waals surface area contributed by atoms with Crippen molar-refractivity contribution >= 4 is 5.91 Å². The van der Waals surface area contributed by atoms with E-state index in [0.29, 0.717) is 30.4 Å². The Bertz CT molecular complexity index is 871. The molecule has 1 aliphatic heterocycles. The van der Waals surface area contributed by atoms with Gasteiger partial charge in [0.25, 0.3) is 5.56 Å². The number of hydrogen-bond donors (Lipinski definition) is 1. The van der Waals surface area contributed by atoms with Crippen LogP contribution in [0.2, 0.25) is 0 Å². The number of benzene rings is 1. The second-order valence-corrected chi connectivity index (χ2v) is 6.62. The molecule has 7 nitrogen and oxygen atoms in total. The van der Waals surface area contributed by atoms with Gasteiger partial charge < -0.3 is 14.8 Å². The van der Waals surface area contributed by atoms with Crippen molar-refractivity contribution in [1.82, 2.24) is 15.1 Å². The Morgan fingerprint density at radius 2 is 1.88 bits per heavy atom. The van der Waals surface area contributed by atoms with Crippen LogP contribution in [0.4, 0.5) is 0 Å². The molecule has 1 aromatic heterocycles. The number of hydrogen-bond acceptors (Lipinski definition) is 5. The summed E-state index contributed by atoms with van der Waals surface area (Å²) in [7, 11) is 0. The number of rotatable bonds is 4. The predicted molar refractivity (Wildman–Crippen MR) is 95.3 cm³/mol. The minimum absolute atomic E-state index is 0.0757. The summed E-state index contributed by atoms with van der Waals surface area (Å²) in [6.45, 7) is 0.962. The highest BCUT2D eigenvalue weighted by atomic mass is 16.6. The standard InChI is InChI=1S/C19H21N3O4/c23-18(20-14-3-1-2-4-14)12-22-19(24)8-6-15(21-22)13-5-7-16-17(11-13)26-10-9-25-16/h5-8,11,14H,1-4,9-10,12H2,(H,20,23). The maximum atomic E-state index is 12.2. The van der Waals surface area contributed by atoms with E-state index in [4.69, 9.17) is 9.47 Å². The quantitative estimate of drug-likeness (QED) is 0.903. The van der Waals surface area contributed by atoms with E-state index >= 15 is 0 Å². The van der Waals surface area contributed by atoms with E-state index in [1.165, 1.54) is 10.7 Å². The molecule has 1 saturated carbocycles. The number of carbonyl (C=O) groups is 1. The van der Waals surface area contributed by atoms with E-state index < -0.39 is 0 Å². The van der Waals surface area contributed by atoms with Crippen LogP contribution in [-0.2, 0) is 11.3 Å². The summed E-state index contributed by atoms with van der Waals surface area (Å²) in [5, 5.41) is 7.33. The Kier molecular flexibility index (Phi) is 4.60. The highest BCUT2D eigenvalue weighted by Crippen LogP contribution is 2.33. The van der Waals surface area contributed by atoms with Crippen LogP contribution in [0.1, 0.15) is 25.7 Å². The highest BCUT2D eigenvalue weighted by molar-refractivity contribution is 5.76. The topological polar surface area (TPSA) is 82.5 Å². The molecule has 0 atom stereocenters. The second-order valence-electron chi connectivity index (χ2n) is 6.62. The summed E-state index contributed by atoms with van der Waals surface area (Å²) in [5.74, 6) is 1.18. The third-order valence-electron chi connectivity index (χ3n) is 4.72. The Labute approximate surface area is 150 Å². The van der Waals surface area contributed by atoms with Gasteiger partial charge in [-0.15, -0.1) is 0 Å². The van der Waals surface area contributed by atoms with E-state index in [-0.39, 0.29) is 24.1 Å². The first-order valence-electron chi connectivity index (χ1n) is 8.96. The van der Waals surface area contributed by atoms with Crippen molar-refractivity contribution in [2.24, 2.45) is 0 Å². The molecule has 0 bridgehead atoms. The van der Waals surface area contributed by atoms with Crippen LogP contribution < -0.4 is 20.3 Å². The maximum Gasteiger partial charge on any atom is 0.267 e. The zero-order chi connectivity index (χ0) is 17.9. The van der Waals surface area contributed by atoms with Gasteiger partial charge in [0.15, 0.2) is 11.5 Å². The monoisotopic (exact) mass is 355 g/mol. The van der Waals surface area contributed by atoms with E-state index in [0.717, 1.165) is 31.2 Å². The van der Waals surface area contributed by atoms with Crippen LogP contribution in [0, 0.1) is 0 Å². The summed E-state index contributed by atoms with van der Waals surface area (Å²) >= 11 is 0. The molecule has 0 unspecified atom stereocenters. The van der Waals surface area contributed by atoms with E-state index in [1.807, 2.05) is 18.2 Å². The molecule has 2 heterocycles. The lowest BCUT2D eigenvalue weighted by Crippen LogP contribution is -2.38. The number of fused-ring (bicyclic) bond motifs is 1. The van der Waals surface area contributed by atoms with Crippen molar-refractivity contribution < 1.29 is 14.3 Å². The number of aromatic nitrogens is 2. The van der Waals surface area contributed by atoms with Crippen molar-refractivity contribution in [3.05, 3.63) is 40.7 Å². The third kappa shape index (κ3) is 3.56. The number of ether oxygens (including phenoxy) is 2. The largest absolute Gasteiger partial charge is 0.486 e. The van der Waals surface area contributed by atoms with Crippen molar-refractivity contribution in [1.29, 1.82) is 0 Å². The summed E-state index contributed by atoms with van der Waals surface area (Å²) in [6, 6.07) is 8.83. The minimum atomic E-state index is -0.298. The molecule has 2 aliphatic rings. The summed E-state index contributed by atoms with van der Waals surface area (Å²) < 4.78 is 12.3. The van der Waals surface area contributed by atoms with Gasteiger partial charge in [-0.05, 0) is 37.1 Å². The fourth-order valence-corrected chi connectivity index (χ4v) is 3.40. The van der Waals surface area contributed by atoms with Gasteiger partial charge in [-0.1, -0.05) is 12.8 Å². The van der Waals surface area contributed by atoms with Gasteiger partial charge in [0.05, 0.1) is 5.69 Å². The number of nitrogens with one attached hydrogen (secondary N) is 1. The minimum Gasteiger partial charge on any atom is -0.486 e. The lowest BCUT2D eigenvalue weighted by Gasteiger charge is -2.18. The van der Waals surface area contributed by atoms with Crippen LogP contribution in [0.25, 0.3) is 11.3 Å². The maximum absolute atomic E-state index is 12.2. The van der Waals surface area contributed by atoms with Crippen molar-refractivity contribution in [3.8, 4) is 22.8 Å². The molecule has 1 aliphatic carbocycles. The fourth-order valence-electron chi connectivity index (χ4n) is 3.40. The van der Waals surface area contributed by atoms with Crippen molar-refractivity contribution in [2.45, 2.75) is 38.3 Å². The Morgan fingerprint density at radius 3 is 2.69 bits per heavy atom. The molecule has 0 spiro atoms. The molecule has 1 N–H and O–H groups in total. The molecule has 0 saturated heterocycles. The molecular formula is C19H21N3O4. The van der Waals surface area contributed by atoms with E-state index in [9.17, 15) is 9.59 Å². The van der Waals surface area contributed by atoms with Crippen LogP contribution in [-0.4, -0.2) is 34.9 Å². The first-order chi connectivity index (χ1) is 12.7. The second kappa shape index (κ2) is 7.19. The first-order valence-corrected chi connectivity index (χ1v) is 8.96. The summed E-state index contributed by atoms with van der Waals surface area (Å²) in [5.41, 5.74) is 1.11. The average Bonchev–Trinajstić information content (AvgIpc) is 3.16. The SMILES string of the molecule is O=C(Cn1nc(-c2ccc3c(c2)OCCO3)ccc1=O)NC1CCCC1. The normalized spacial score (nSPS) is 16.5. The molecule has 1 amide bonds. The first kappa shape index (κ1) is 16.6. The summed E-state index contributed by atoms with van der Waals surface area (Å²) in [6.07, 6.45) is 4.29. The number of nitrogens with zero attached hydrogens (tertiary/aromatic N) is 2. The number of amides is 1. The molecule has 1 aromatic carbocycles. The molecule has 7 heteroatoms. The molecule has 1 fully saturated rings. The van der Waals surface area contributed by atoms with Gasteiger partial charge in [-0.2, -0.15) is 5.10 Å². The van der Waals surface area contributed by atoms with E-state index in [1.54, 1.807) is 6.07 Å². The van der Waals surface area contributed by atoms with Crippen LogP contribution in [0.15, 0.2) is 35.1 Å². The van der Waals surface area contributed by atoms with Crippen LogP contribution >= 0.6 is 0 Å². The highest BCUT2D eigenvalue weighted by Gasteiger charge is 2.18. The predicted octanol–water partition coefficient (Wildman–Crippen LogP) is 1.74. The Balaban J connectivity index is 1.54. The van der Waals surface area contributed by atoms with Gasteiger partial charge in [-0.25, -0.2) is 4.68 Å².